The maximum Gasteiger partial charge on any atom is 0.181 e. The molecule has 112 valence electrons. The van der Waals surface area contributed by atoms with Crippen molar-refractivity contribution in [2.45, 2.75) is 13.5 Å². The van der Waals surface area contributed by atoms with Gasteiger partial charge in [0.25, 0.3) is 0 Å². The average Bonchev–Trinajstić information content (AvgIpc) is 3.03. The summed E-state index contributed by atoms with van der Waals surface area (Å²) in [6, 6.07) is 15.9. The zero-order valence-electron chi connectivity index (χ0n) is 12.6. The monoisotopic (exact) mass is 294 g/mol. The Balaban J connectivity index is 1.65. The van der Waals surface area contributed by atoms with Crippen molar-refractivity contribution in [2.75, 3.05) is 12.4 Å². The molecular weight excluding hydrogens is 276 g/mol. The summed E-state index contributed by atoms with van der Waals surface area (Å²) in [5.74, 6) is 2.35. The highest BCUT2D eigenvalue weighted by Gasteiger charge is 2.05. The van der Waals surface area contributed by atoms with E-state index in [2.05, 4.69) is 39.6 Å². The number of aryl methyl sites for hydroxylation is 1. The predicted octanol–water partition coefficient (Wildman–Crippen LogP) is 3.40. The van der Waals surface area contributed by atoms with E-state index in [9.17, 15) is 0 Å². The zero-order chi connectivity index (χ0) is 15.4. The van der Waals surface area contributed by atoms with Gasteiger partial charge in [-0.25, -0.2) is 4.98 Å². The Hall–Kier alpha value is -2.82. The van der Waals surface area contributed by atoms with Gasteiger partial charge in [0.2, 0.25) is 0 Å². The van der Waals surface area contributed by atoms with Gasteiger partial charge < -0.3 is 10.1 Å². The summed E-state index contributed by atoms with van der Waals surface area (Å²) >= 11 is 0. The number of nitrogens with one attached hydrogen (secondary N) is 2. The van der Waals surface area contributed by atoms with Crippen LogP contribution in [-0.2, 0) is 6.54 Å². The maximum absolute atomic E-state index is 5.14. The molecule has 3 rings (SSSR count). The second-order valence-electron chi connectivity index (χ2n) is 5.05. The number of anilines is 1. The fourth-order valence-corrected chi connectivity index (χ4v) is 2.10. The van der Waals surface area contributed by atoms with E-state index in [1.165, 1.54) is 5.56 Å². The zero-order valence-corrected chi connectivity index (χ0v) is 12.6. The van der Waals surface area contributed by atoms with Gasteiger partial charge in [0.15, 0.2) is 5.82 Å². The van der Waals surface area contributed by atoms with Gasteiger partial charge in [-0.05, 0) is 31.2 Å². The van der Waals surface area contributed by atoms with Gasteiger partial charge in [0.1, 0.15) is 11.6 Å². The van der Waals surface area contributed by atoms with Gasteiger partial charge in [0, 0.05) is 11.3 Å². The number of aromatic amines is 1. The third-order valence-electron chi connectivity index (χ3n) is 3.39. The summed E-state index contributed by atoms with van der Waals surface area (Å²) in [5.41, 5.74) is 3.24. The lowest BCUT2D eigenvalue weighted by Crippen LogP contribution is -2.01. The Bertz CT molecular complexity index is 732. The van der Waals surface area contributed by atoms with Crippen molar-refractivity contribution in [1.82, 2.24) is 15.2 Å². The number of rotatable bonds is 5. The molecule has 0 saturated heterocycles. The molecule has 5 heteroatoms. The van der Waals surface area contributed by atoms with Crippen molar-refractivity contribution in [3.63, 3.8) is 0 Å². The lowest BCUT2D eigenvalue weighted by molar-refractivity contribution is 0.415. The third-order valence-corrected chi connectivity index (χ3v) is 3.39. The van der Waals surface area contributed by atoms with E-state index in [-0.39, 0.29) is 0 Å². The van der Waals surface area contributed by atoms with Crippen LogP contribution in [0.3, 0.4) is 0 Å². The summed E-state index contributed by atoms with van der Waals surface area (Å²) in [6.07, 6.45) is 0. The molecule has 5 nitrogen and oxygen atoms in total. The molecule has 0 radical (unpaired) electrons. The third kappa shape index (κ3) is 3.25. The number of hydrogen-bond donors (Lipinski definition) is 2. The van der Waals surface area contributed by atoms with Crippen LogP contribution in [-0.4, -0.2) is 22.3 Å². The Kier molecular flexibility index (Phi) is 4.05. The quantitative estimate of drug-likeness (QED) is 0.757. The van der Waals surface area contributed by atoms with Crippen LogP contribution in [0.15, 0.2) is 48.5 Å². The average molecular weight is 294 g/mol. The van der Waals surface area contributed by atoms with Crippen molar-refractivity contribution in [1.29, 1.82) is 0 Å². The molecule has 0 atom stereocenters. The molecule has 0 bridgehead atoms. The summed E-state index contributed by atoms with van der Waals surface area (Å²) in [6.45, 7) is 2.65. The lowest BCUT2D eigenvalue weighted by atomic mass is 10.1. The van der Waals surface area contributed by atoms with Crippen molar-refractivity contribution in [2.24, 2.45) is 0 Å². The molecule has 0 spiro atoms. The first-order valence-electron chi connectivity index (χ1n) is 7.11. The number of nitrogens with zero attached hydrogens (tertiary/aromatic N) is 2. The lowest BCUT2D eigenvalue weighted by Gasteiger charge is -2.05. The number of benzene rings is 2. The molecule has 0 unspecified atom stereocenters. The number of ether oxygens (including phenoxy) is 1. The molecule has 0 aliphatic carbocycles. The van der Waals surface area contributed by atoms with E-state index in [4.69, 9.17) is 4.74 Å². The SMILES string of the molecule is COc1ccc(NCc2nc(-c3ccc(C)cc3)n[nH]2)cc1. The Morgan fingerprint density at radius 1 is 1.05 bits per heavy atom. The first-order valence-corrected chi connectivity index (χ1v) is 7.11. The van der Waals surface area contributed by atoms with Gasteiger partial charge >= 0.3 is 0 Å². The summed E-state index contributed by atoms with van der Waals surface area (Å²) in [7, 11) is 1.66. The van der Waals surface area contributed by atoms with E-state index in [0.717, 1.165) is 22.8 Å². The van der Waals surface area contributed by atoms with Gasteiger partial charge in [-0.1, -0.05) is 29.8 Å². The highest BCUT2D eigenvalue weighted by atomic mass is 16.5. The first-order chi connectivity index (χ1) is 10.7. The van der Waals surface area contributed by atoms with Gasteiger partial charge in [-0.2, -0.15) is 5.10 Å². The van der Waals surface area contributed by atoms with E-state index in [1.54, 1.807) is 7.11 Å². The second-order valence-corrected chi connectivity index (χ2v) is 5.05. The minimum absolute atomic E-state index is 0.588. The van der Waals surface area contributed by atoms with Crippen LogP contribution >= 0.6 is 0 Å². The van der Waals surface area contributed by atoms with Crippen molar-refractivity contribution in [3.8, 4) is 17.1 Å². The highest BCUT2D eigenvalue weighted by molar-refractivity contribution is 5.55. The molecule has 0 aliphatic rings. The minimum Gasteiger partial charge on any atom is -0.497 e. The number of hydrogen-bond acceptors (Lipinski definition) is 4. The van der Waals surface area contributed by atoms with Crippen LogP contribution in [0.4, 0.5) is 5.69 Å². The first kappa shape index (κ1) is 14.1. The van der Waals surface area contributed by atoms with Crippen LogP contribution in [0.5, 0.6) is 5.75 Å². The van der Waals surface area contributed by atoms with E-state index in [1.807, 2.05) is 36.4 Å². The summed E-state index contributed by atoms with van der Waals surface area (Å²) in [4.78, 5) is 4.51. The molecule has 22 heavy (non-hydrogen) atoms. The Morgan fingerprint density at radius 2 is 1.77 bits per heavy atom. The highest BCUT2D eigenvalue weighted by Crippen LogP contribution is 2.17. The number of H-pyrrole nitrogens is 1. The molecular formula is C17H18N4O. The topological polar surface area (TPSA) is 62.8 Å². The van der Waals surface area contributed by atoms with Crippen LogP contribution in [0.1, 0.15) is 11.4 Å². The van der Waals surface area contributed by atoms with Crippen molar-refractivity contribution < 1.29 is 4.74 Å². The maximum atomic E-state index is 5.14. The molecule has 1 aromatic heterocycles. The summed E-state index contributed by atoms with van der Waals surface area (Å²) < 4.78 is 5.14. The van der Waals surface area contributed by atoms with Crippen LogP contribution in [0, 0.1) is 6.92 Å². The van der Waals surface area contributed by atoms with Crippen LogP contribution in [0.2, 0.25) is 0 Å². The molecule has 2 N–H and O–H groups in total. The Morgan fingerprint density at radius 3 is 2.45 bits per heavy atom. The molecule has 3 aromatic rings. The standard InChI is InChI=1S/C17H18N4O/c1-12-3-5-13(6-4-12)17-19-16(20-21-17)11-18-14-7-9-15(22-2)10-8-14/h3-10,18H,11H2,1-2H3,(H,19,20,21). The summed E-state index contributed by atoms with van der Waals surface area (Å²) in [5, 5.41) is 10.5. The molecule has 0 amide bonds. The predicted molar refractivity (Wildman–Crippen MR) is 86.9 cm³/mol. The van der Waals surface area contributed by atoms with Gasteiger partial charge in [-0.3, -0.25) is 5.10 Å². The van der Waals surface area contributed by atoms with E-state index in [0.29, 0.717) is 12.4 Å². The Labute approximate surface area is 129 Å². The molecule has 0 aliphatic heterocycles. The largest absolute Gasteiger partial charge is 0.497 e. The smallest absolute Gasteiger partial charge is 0.181 e. The molecule has 1 heterocycles. The van der Waals surface area contributed by atoms with Gasteiger partial charge in [-0.15, -0.1) is 0 Å². The number of methoxy groups -OCH3 is 1. The number of aromatic nitrogens is 3. The van der Waals surface area contributed by atoms with Crippen molar-refractivity contribution >= 4 is 5.69 Å². The van der Waals surface area contributed by atoms with Gasteiger partial charge in [0.05, 0.1) is 13.7 Å². The fourth-order valence-electron chi connectivity index (χ4n) is 2.10. The second kappa shape index (κ2) is 6.30. The minimum atomic E-state index is 0.588. The van der Waals surface area contributed by atoms with Crippen LogP contribution in [0.25, 0.3) is 11.4 Å². The molecule has 2 aromatic carbocycles. The van der Waals surface area contributed by atoms with Crippen molar-refractivity contribution in [3.05, 3.63) is 59.9 Å². The van der Waals surface area contributed by atoms with E-state index >= 15 is 0 Å². The normalized spacial score (nSPS) is 10.5. The molecule has 0 saturated carbocycles. The molecule has 0 fully saturated rings. The van der Waals surface area contributed by atoms with Crippen LogP contribution < -0.4 is 10.1 Å². The fraction of sp³-hybridized carbons (Fsp3) is 0.176. The van der Waals surface area contributed by atoms with E-state index < -0.39 is 0 Å².